The molecule has 0 aromatic carbocycles. The van der Waals surface area contributed by atoms with Gasteiger partial charge in [-0.05, 0) is 71.1 Å². The van der Waals surface area contributed by atoms with Crippen molar-refractivity contribution in [3.63, 3.8) is 0 Å². The summed E-state index contributed by atoms with van der Waals surface area (Å²) >= 11 is 0. The standard InChI is InChI=1S/C18H37N3/c1-6-11-19-16-9-10-18(2,3)13-17(16)21-12-7-8-15(14-21)20(4)5/h15-17,19H,6-14H2,1-5H3. The highest BCUT2D eigenvalue weighted by molar-refractivity contribution is 4.96. The van der Waals surface area contributed by atoms with E-state index < -0.39 is 0 Å². The average molecular weight is 296 g/mol. The summed E-state index contributed by atoms with van der Waals surface area (Å²) in [5.74, 6) is 0. The van der Waals surface area contributed by atoms with Crippen molar-refractivity contribution in [2.45, 2.75) is 77.4 Å². The van der Waals surface area contributed by atoms with E-state index in [0.717, 1.165) is 12.1 Å². The summed E-state index contributed by atoms with van der Waals surface area (Å²) in [7, 11) is 4.48. The van der Waals surface area contributed by atoms with Crippen LogP contribution < -0.4 is 5.32 Å². The molecule has 1 aliphatic carbocycles. The minimum atomic E-state index is 0.514. The molecule has 1 N–H and O–H groups in total. The van der Waals surface area contributed by atoms with Gasteiger partial charge in [-0.3, -0.25) is 4.90 Å². The number of rotatable bonds is 5. The van der Waals surface area contributed by atoms with Crippen LogP contribution in [0.1, 0.15) is 59.3 Å². The van der Waals surface area contributed by atoms with E-state index in [1.165, 1.54) is 58.2 Å². The minimum absolute atomic E-state index is 0.514. The first-order chi connectivity index (χ1) is 9.93. The van der Waals surface area contributed by atoms with Crippen LogP contribution in [-0.4, -0.2) is 61.7 Å². The zero-order valence-electron chi connectivity index (χ0n) is 15.0. The van der Waals surface area contributed by atoms with E-state index in [-0.39, 0.29) is 0 Å². The largest absolute Gasteiger partial charge is 0.312 e. The molecule has 0 amide bonds. The van der Waals surface area contributed by atoms with Crippen LogP contribution in [0.25, 0.3) is 0 Å². The molecule has 0 aromatic heterocycles. The van der Waals surface area contributed by atoms with Crippen LogP contribution in [0.15, 0.2) is 0 Å². The zero-order chi connectivity index (χ0) is 15.5. The molecule has 3 nitrogen and oxygen atoms in total. The van der Waals surface area contributed by atoms with Gasteiger partial charge in [0.1, 0.15) is 0 Å². The fourth-order valence-corrected chi connectivity index (χ4v) is 4.21. The van der Waals surface area contributed by atoms with Crippen LogP contribution in [0.2, 0.25) is 0 Å². The van der Waals surface area contributed by atoms with Gasteiger partial charge in [0, 0.05) is 24.7 Å². The summed E-state index contributed by atoms with van der Waals surface area (Å²) in [4.78, 5) is 5.23. The van der Waals surface area contributed by atoms with Crippen LogP contribution in [0.5, 0.6) is 0 Å². The number of piperidine rings is 1. The lowest BCUT2D eigenvalue weighted by atomic mass is 9.72. The first-order valence-corrected chi connectivity index (χ1v) is 9.07. The minimum Gasteiger partial charge on any atom is -0.312 e. The second kappa shape index (κ2) is 7.43. The molecule has 21 heavy (non-hydrogen) atoms. The van der Waals surface area contributed by atoms with Crippen molar-refractivity contribution < 1.29 is 0 Å². The van der Waals surface area contributed by atoms with Crippen molar-refractivity contribution >= 4 is 0 Å². The number of likely N-dealkylation sites (tertiary alicyclic amines) is 1. The molecule has 124 valence electrons. The summed E-state index contributed by atoms with van der Waals surface area (Å²) in [5.41, 5.74) is 0.514. The Hall–Kier alpha value is -0.120. The van der Waals surface area contributed by atoms with E-state index in [0.29, 0.717) is 11.5 Å². The fraction of sp³-hybridized carbons (Fsp3) is 1.00. The van der Waals surface area contributed by atoms with Crippen molar-refractivity contribution in [2.24, 2.45) is 5.41 Å². The summed E-state index contributed by atoms with van der Waals surface area (Å²) in [5, 5.41) is 3.85. The Balaban J connectivity index is 2.03. The topological polar surface area (TPSA) is 18.5 Å². The average Bonchev–Trinajstić information content (AvgIpc) is 2.45. The first-order valence-electron chi connectivity index (χ1n) is 9.07. The maximum Gasteiger partial charge on any atom is 0.0255 e. The van der Waals surface area contributed by atoms with Crippen LogP contribution in [0.4, 0.5) is 0 Å². The number of likely N-dealkylation sites (N-methyl/N-ethyl adjacent to an activating group) is 1. The summed E-state index contributed by atoms with van der Waals surface area (Å²) < 4.78 is 0. The van der Waals surface area contributed by atoms with E-state index in [1.54, 1.807) is 0 Å². The van der Waals surface area contributed by atoms with E-state index in [1.807, 2.05) is 0 Å². The number of nitrogens with zero attached hydrogens (tertiary/aromatic N) is 2. The summed E-state index contributed by atoms with van der Waals surface area (Å²) in [6, 6.07) is 2.19. The summed E-state index contributed by atoms with van der Waals surface area (Å²) in [6.07, 6.45) is 8.05. The van der Waals surface area contributed by atoms with E-state index in [4.69, 9.17) is 0 Å². The number of nitrogens with one attached hydrogen (secondary N) is 1. The highest BCUT2D eigenvalue weighted by Gasteiger charge is 2.39. The molecule has 3 unspecified atom stereocenters. The fourth-order valence-electron chi connectivity index (χ4n) is 4.21. The van der Waals surface area contributed by atoms with Crippen LogP contribution in [0, 0.1) is 5.41 Å². The molecular formula is C18H37N3. The zero-order valence-corrected chi connectivity index (χ0v) is 15.0. The molecule has 3 atom stereocenters. The second-order valence-electron chi connectivity index (χ2n) is 8.29. The van der Waals surface area contributed by atoms with E-state index in [2.05, 4.69) is 50.0 Å². The maximum atomic E-state index is 3.85. The Bertz CT molecular complexity index is 314. The smallest absolute Gasteiger partial charge is 0.0255 e. The van der Waals surface area contributed by atoms with Crippen molar-refractivity contribution in [1.82, 2.24) is 15.1 Å². The Morgan fingerprint density at radius 1 is 1.24 bits per heavy atom. The van der Waals surface area contributed by atoms with Crippen molar-refractivity contribution in [2.75, 3.05) is 33.7 Å². The molecule has 0 spiro atoms. The van der Waals surface area contributed by atoms with E-state index in [9.17, 15) is 0 Å². The van der Waals surface area contributed by atoms with Gasteiger partial charge in [0.2, 0.25) is 0 Å². The monoisotopic (exact) mass is 295 g/mol. The van der Waals surface area contributed by atoms with Gasteiger partial charge in [-0.1, -0.05) is 20.8 Å². The lowest BCUT2D eigenvalue weighted by Crippen LogP contribution is -2.58. The molecule has 1 heterocycles. The van der Waals surface area contributed by atoms with Crippen LogP contribution >= 0.6 is 0 Å². The Morgan fingerprint density at radius 3 is 2.67 bits per heavy atom. The molecule has 3 heteroatoms. The van der Waals surface area contributed by atoms with Gasteiger partial charge in [-0.15, -0.1) is 0 Å². The maximum absolute atomic E-state index is 3.85. The third kappa shape index (κ3) is 4.67. The molecule has 1 saturated heterocycles. The highest BCUT2D eigenvalue weighted by Crippen LogP contribution is 2.38. The lowest BCUT2D eigenvalue weighted by Gasteiger charge is -2.49. The van der Waals surface area contributed by atoms with Crippen molar-refractivity contribution in [3.8, 4) is 0 Å². The van der Waals surface area contributed by atoms with Crippen LogP contribution in [0.3, 0.4) is 0 Å². The predicted molar refractivity (Wildman–Crippen MR) is 91.8 cm³/mol. The van der Waals surface area contributed by atoms with Crippen molar-refractivity contribution in [3.05, 3.63) is 0 Å². The number of hydrogen-bond acceptors (Lipinski definition) is 3. The molecule has 2 fully saturated rings. The van der Waals surface area contributed by atoms with Gasteiger partial charge in [0.15, 0.2) is 0 Å². The normalized spacial score (nSPS) is 34.3. The molecule has 1 aliphatic heterocycles. The van der Waals surface area contributed by atoms with Gasteiger partial charge in [-0.2, -0.15) is 0 Å². The SMILES string of the molecule is CCCNC1CCC(C)(C)CC1N1CCCC(N(C)C)C1. The van der Waals surface area contributed by atoms with Crippen LogP contribution in [-0.2, 0) is 0 Å². The van der Waals surface area contributed by atoms with Gasteiger partial charge in [0.25, 0.3) is 0 Å². The molecular weight excluding hydrogens is 258 g/mol. The molecule has 0 radical (unpaired) electrons. The molecule has 0 bridgehead atoms. The Labute approximate surface area is 132 Å². The van der Waals surface area contributed by atoms with Crippen molar-refractivity contribution in [1.29, 1.82) is 0 Å². The van der Waals surface area contributed by atoms with Gasteiger partial charge in [-0.25, -0.2) is 0 Å². The van der Waals surface area contributed by atoms with Gasteiger partial charge < -0.3 is 10.2 Å². The first kappa shape index (κ1) is 17.2. The highest BCUT2D eigenvalue weighted by atomic mass is 15.2. The van der Waals surface area contributed by atoms with E-state index >= 15 is 0 Å². The molecule has 2 aliphatic rings. The molecule has 1 saturated carbocycles. The molecule has 0 aromatic rings. The Morgan fingerprint density at radius 2 is 2.00 bits per heavy atom. The number of hydrogen-bond donors (Lipinski definition) is 1. The van der Waals surface area contributed by atoms with Gasteiger partial charge in [0.05, 0.1) is 0 Å². The van der Waals surface area contributed by atoms with Gasteiger partial charge >= 0.3 is 0 Å². The Kier molecular flexibility index (Phi) is 6.10. The summed E-state index contributed by atoms with van der Waals surface area (Å²) in [6.45, 7) is 10.9. The second-order valence-corrected chi connectivity index (χ2v) is 8.29. The third-order valence-corrected chi connectivity index (χ3v) is 5.64. The third-order valence-electron chi connectivity index (χ3n) is 5.64. The predicted octanol–water partition coefficient (Wildman–Crippen LogP) is 2.96. The molecule has 2 rings (SSSR count). The lowest BCUT2D eigenvalue weighted by molar-refractivity contribution is 0.0280. The quantitative estimate of drug-likeness (QED) is 0.841.